The molecule has 0 saturated carbocycles. The molecule has 8 heteroatoms. The molecule has 154 valence electrons. The zero-order valence-corrected chi connectivity index (χ0v) is 17.5. The Balaban J connectivity index is 1.66. The molecule has 0 unspecified atom stereocenters. The monoisotopic (exact) mass is 434 g/mol. The van der Waals surface area contributed by atoms with Gasteiger partial charge in [0.2, 0.25) is 15.9 Å². The molecule has 0 spiro atoms. The number of ether oxygens (including phenoxy) is 1. The molecule has 1 N–H and O–H groups in total. The Morgan fingerprint density at radius 2 is 1.83 bits per heavy atom. The van der Waals surface area contributed by atoms with Crippen LogP contribution in [0.1, 0.15) is 24.8 Å². The normalized spacial score (nSPS) is 20.4. The van der Waals surface area contributed by atoms with Crippen molar-refractivity contribution < 1.29 is 17.9 Å². The lowest BCUT2D eigenvalue weighted by Crippen LogP contribution is -2.44. The zero-order chi connectivity index (χ0) is 20.5. The second kappa shape index (κ2) is 7.97. The fourth-order valence-electron chi connectivity index (χ4n) is 4.06. The van der Waals surface area contributed by atoms with E-state index in [-0.39, 0.29) is 11.7 Å². The predicted molar refractivity (Wildman–Crippen MR) is 114 cm³/mol. The van der Waals surface area contributed by atoms with E-state index in [0.717, 1.165) is 5.56 Å². The SMILES string of the molecule is O=C(Nc1cc(N2CCCS2(=O)=O)ccc1Cl)C1(c2ccccc2)CCOCC1. The van der Waals surface area contributed by atoms with Gasteiger partial charge in [-0.05, 0) is 43.0 Å². The molecular formula is C21H23ClN2O4S. The van der Waals surface area contributed by atoms with Crippen molar-refractivity contribution in [1.82, 2.24) is 0 Å². The number of benzene rings is 2. The van der Waals surface area contributed by atoms with Gasteiger partial charge in [0, 0.05) is 19.8 Å². The summed E-state index contributed by atoms with van der Waals surface area (Å²) >= 11 is 6.34. The lowest BCUT2D eigenvalue weighted by molar-refractivity contribution is -0.125. The minimum atomic E-state index is -3.31. The highest BCUT2D eigenvalue weighted by Gasteiger charge is 2.42. The lowest BCUT2D eigenvalue weighted by atomic mass is 9.73. The van der Waals surface area contributed by atoms with Crippen molar-refractivity contribution in [2.45, 2.75) is 24.7 Å². The molecule has 4 rings (SSSR count). The Bertz CT molecular complexity index is 1000. The fourth-order valence-corrected chi connectivity index (χ4v) is 5.78. The second-order valence-electron chi connectivity index (χ2n) is 7.42. The molecule has 0 bridgehead atoms. The fraction of sp³-hybridized carbons (Fsp3) is 0.381. The van der Waals surface area contributed by atoms with Crippen LogP contribution < -0.4 is 9.62 Å². The molecule has 2 heterocycles. The van der Waals surface area contributed by atoms with E-state index >= 15 is 0 Å². The first kappa shape index (κ1) is 20.2. The molecule has 6 nitrogen and oxygen atoms in total. The third-order valence-electron chi connectivity index (χ3n) is 5.69. The Kier molecular flexibility index (Phi) is 5.55. The highest BCUT2D eigenvalue weighted by molar-refractivity contribution is 7.93. The van der Waals surface area contributed by atoms with Crippen LogP contribution in [-0.4, -0.2) is 39.8 Å². The van der Waals surface area contributed by atoms with Crippen molar-refractivity contribution in [2.75, 3.05) is 35.1 Å². The Labute approximate surface area is 175 Å². The number of rotatable bonds is 4. The van der Waals surface area contributed by atoms with E-state index in [9.17, 15) is 13.2 Å². The van der Waals surface area contributed by atoms with Gasteiger partial charge >= 0.3 is 0 Å². The number of nitrogens with one attached hydrogen (secondary N) is 1. The average Bonchev–Trinajstić information content (AvgIpc) is 3.09. The number of amides is 1. The van der Waals surface area contributed by atoms with Crippen molar-refractivity contribution >= 4 is 38.9 Å². The maximum absolute atomic E-state index is 13.4. The summed E-state index contributed by atoms with van der Waals surface area (Å²) in [6, 6.07) is 14.6. The van der Waals surface area contributed by atoms with Gasteiger partial charge in [-0.2, -0.15) is 0 Å². The lowest BCUT2D eigenvalue weighted by Gasteiger charge is -2.36. The van der Waals surface area contributed by atoms with Crippen LogP contribution in [0.3, 0.4) is 0 Å². The van der Waals surface area contributed by atoms with Gasteiger partial charge in [-0.1, -0.05) is 41.9 Å². The number of nitrogens with zero attached hydrogens (tertiary/aromatic N) is 1. The van der Waals surface area contributed by atoms with Crippen molar-refractivity contribution in [3.63, 3.8) is 0 Å². The van der Waals surface area contributed by atoms with E-state index in [4.69, 9.17) is 16.3 Å². The maximum Gasteiger partial charge on any atom is 0.235 e. The molecule has 0 aliphatic carbocycles. The maximum atomic E-state index is 13.4. The van der Waals surface area contributed by atoms with Crippen LogP contribution in [0.5, 0.6) is 0 Å². The quantitative estimate of drug-likeness (QED) is 0.798. The van der Waals surface area contributed by atoms with E-state index in [1.54, 1.807) is 18.2 Å². The molecular weight excluding hydrogens is 412 g/mol. The summed E-state index contributed by atoms with van der Waals surface area (Å²) in [5.74, 6) is -0.0237. The van der Waals surface area contributed by atoms with Crippen LogP contribution in [-0.2, 0) is 25.0 Å². The molecule has 2 aliphatic rings. The number of hydrogen-bond donors (Lipinski definition) is 1. The van der Waals surface area contributed by atoms with E-state index in [1.165, 1.54) is 4.31 Å². The van der Waals surface area contributed by atoms with Crippen LogP contribution in [0.15, 0.2) is 48.5 Å². The predicted octanol–water partition coefficient (Wildman–Crippen LogP) is 3.57. The first-order valence-corrected chi connectivity index (χ1v) is 11.7. The van der Waals surface area contributed by atoms with Crippen LogP contribution in [0, 0.1) is 0 Å². The number of halogens is 1. The molecule has 2 aromatic rings. The molecule has 29 heavy (non-hydrogen) atoms. The Hall–Kier alpha value is -2.09. The summed E-state index contributed by atoms with van der Waals surface area (Å²) in [6.07, 6.45) is 1.73. The van der Waals surface area contributed by atoms with Crippen LogP contribution >= 0.6 is 11.6 Å². The number of sulfonamides is 1. The van der Waals surface area contributed by atoms with E-state index in [2.05, 4.69) is 5.32 Å². The highest BCUT2D eigenvalue weighted by Crippen LogP contribution is 2.38. The van der Waals surface area contributed by atoms with Crippen molar-refractivity contribution in [3.8, 4) is 0 Å². The van der Waals surface area contributed by atoms with Gasteiger partial charge in [0.15, 0.2) is 0 Å². The molecule has 2 saturated heterocycles. The number of carbonyl (C=O) groups excluding carboxylic acids is 1. The highest BCUT2D eigenvalue weighted by atomic mass is 35.5. The topological polar surface area (TPSA) is 75.7 Å². The van der Waals surface area contributed by atoms with Crippen molar-refractivity contribution in [1.29, 1.82) is 0 Å². The summed E-state index contributed by atoms with van der Waals surface area (Å²) < 4.78 is 31.4. The van der Waals surface area contributed by atoms with Gasteiger partial charge in [0.25, 0.3) is 0 Å². The molecule has 2 aromatic carbocycles. The van der Waals surface area contributed by atoms with Gasteiger partial charge in [0.05, 0.1) is 27.6 Å². The van der Waals surface area contributed by atoms with Crippen molar-refractivity contribution in [3.05, 3.63) is 59.1 Å². The summed E-state index contributed by atoms with van der Waals surface area (Å²) in [4.78, 5) is 13.4. The van der Waals surface area contributed by atoms with Gasteiger partial charge in [0.1, 0.15) is 0 Å². The zero-order valence-electron chi connectivity index (χ0n) is 15.9. The second-order valence-corrected chi connectivity index (χ2v) is 9.84. The Morgan fingerprint density at radius 3 is 2.48 bits per heavy atom. The standard InChI is InChI=1S/C21H23ClN2O4S/c22-18-8-7-17(24-11-4-14-29(24,26)27)15-19(18)23-20(25)21(9-12-28-13-10-21)16-5-2-1-3-6-16/h1-3,5-8,15H,4,9-14H2,(H,23,25). The molecule has 2 aliphatic heterocycles. The summed E-state index contributed by atoms with van der Waals surface area (Å²) in [5, 5.41) is 3.33. The number of hydrogen-bond acceptors (Lipinski definition) is 4. The van der Waals surface area contributed by atoms with Gasteiger partial charge in [-0.25, -0.2) is 8.42 Å². The molecule has 0 radical (unpaired) electrons. The first-order chi connectivity index (χ1) is 13.9. The van der Waals surface area contributed by atoms with Crippen LogP contribution in [0.25, 0.3) is 0 Å². The van der Waals surface area contributed by atoms with Gasteiger partial charge in [-0.15, -0.1) is 0 Å². The third-order valence-corrected chi connectivity index (χ3v) is 7.89. The largest absolute Gasteiger partial charge is 0.381 e. The molecule has 1 amide bonds. The number of carbonyl (C=O) groups is 1. The van der Waals surface area contributed by atoms with Crippen molar-refractivity contribution in [2.24, 2.45) is 0 Å². The van der Waals surface area contributed by atoms with E-state index < -0.39 is 15.4 Å². The third kappa shape index (κ3) is 3.86. The minimum absolute atomic E-state index is 0.133. The molecule has 0 atom stereocenters. The smallest absolute Gasteiger partial charge is 0.235 e. The Morgan fingerprint density at radius 1 is 1.10 bits per heavy atom. The molecule has 0 aromatic heterocycles. The average molecular weight is 435 g/mol. The van der Waals surface area contributed by atoms with Crippen LogP contribution in [0.2, 0.25) is 5.02 Å². The molecule has 2 fully saturated rings. The summed E-state index contributed by atoms with van der Waals surface area (Å²) in [5.41, 5.74) is 1.16. The number of anilines is 2. The van der Waals surface area contributed by atoms with Gasteiger partial charge in [-0.3, -0.25) is 9.10 Å². The first-order valence-electron chi connectivity index (χ1n) is 9.67. The van der Waals surface area contributed by atoms with E-state index in [0.29, 0.717) is 55.4 Å². The minimum Gasteiger partial charge on any atom is -0.381 e. The summed E-state index contributed by atoms with van der Waals surface area (Å²) in [6.45, 7) is 1.44. The van der Waals surface area contributed by atoms with Gasteiger partial charge < -0.3 is 10.1 Å². The van der Waals surface area contributed by atoms with Crippen LogP contribution in [0.4, 0.5) is 11.4 Å². The summed E-state index contributed by atoms with van der Waals surface area (Å²) in [7, 11) is -3.31. The van der Waals surface area contributed by atoms with E-state index in [1.807, 2.05) is 30.3 Å².